The molecule has 2 aromatic heterocycles. The summed E-state index contributed by atoms with van der Waals surface area (Å²) in [5.41, 5.74) is 1.77. The van der Waals surface area contributed by atoms with E-state index in [1.165, 1.54) is 58.1 Å². The molecule has 0 saturated heterocycles. The summed E-state index contributed by atoms with van der Waals surface area (Å²) in [6.45, 7) is 1.31. The van der Waals surface area contributed by atoms with Crippen LogP contribution in [0.25, 0.3) is 16.6 Å². The fourth-order valence-corrected chi connectivity index (χ4v) is 3.31. The van der Waals surface area contributed by atoms with Crippen LogP contribution in [0.15, 0.2) is 83.9 Å². The molecule has 0 radical (unpaired) electrons. The molecule has 0 aliphatic heterocycles. The standard InChI is InChI=1S/C23H20FN3O2/c24-19-7-9-20(10-8-19)27-16-18(6-11-22(27)28)23(29)25-13-3-14-26-15-12-17-4-1-2-5-21(17)26/h1-2,4-12,15-16H,3,13-14H2,(H,25,29). The Morgan fingerprint density at radius 2 is 1.76 bits per heavy atom. The Labute approximate surface area is 167 Å². The summed E-state index contributed by atoms with van der Waals surface area (Å²) < 4.78 is 16.6. The van der Waals surface area contributed by atoms with E-state index in [0.717, 1.165) is 13.0 Å². The van der Waals surface area contributed by atoms with Crippen LogP contribution in [-0.4, -0.2) is 21.6 Å². The molecule has 1 N–H and O–H groups in total. The number of carbonyl (C=O) groups is 1. The van der Waals surface area contributed by atoms with Gasteiger partial charge in [-0.15, -0.1) is 0 Å². The van der Waals surface area contributed by atoms with Gasteiger partial charge < -0.3 is 9.88 Å². The Morgan fingerprint density at radius 3 is 2.59 bits per heavy atom. The second-order valence-corrected chi connectivity index (χ2v) is 6.78. The van der Waals surface area contributed by atoms with Crippen molar-refractivity contribution in [2.75, 3.05) is 6.54 Å². The van der Waals surface area contributed by atoms with Gasteiger partial charge in [0.1, 0.15) is 5.82 Å². The maximum Gasteiger partial charge on any atom is 0.255 e. The topological polar surface area (TPSA) is 56.0 Å². The second kappa shape index (κ2) is 8.14. The van der Waals surface area contributed by atoms with Crippen molar-refractivity contribution in [3.05, 3.63) is 101 Å². The average Bonchev–Trinajstić information content (AvgIpc) is 3.15. The van der Waals surface area contributed by atoms with Crippen molar-refractivity contribution in [1.29, 1.82) is 0 Å². The number of hydrogen-bond acceptors (Lipinski definition) is 2. The molecule has 1 amide bonds. The number of aryl methyl sites for hydroxylation is 1. The molecule has 0 atom stereocenters. The van der Waals surface area contributed by atoms with Crippen molar-refractivity contribution in [3.8, 4) is 5.69 Å². The molecule has 4 aromatic rings. The lowest BCUT2D eigenvalue weighted by Gasteiger charge is -2.10. The number of benzene rings is 2. The van der Waals surface area contributed by atoms with Gasteiger partial charge in [0.2, 0.25) is 0 Å². The van der Waals surface area contributed by atoms with Gasteiger partial charge in [0.25, 0.3) is 11.5 Å². The van der Waals surface area contributed by atoms with Gasteiger partial charge in [0, 0.05) is 42.8 Å². The Morgan fingerprint density at radius 1 is 0.966 bits per heavy atom. The largest absolute Gasteiger partial charge is 0.352 e. The van der Waals surface area contributed by atoms with Gasteiger partial charge in [-0.3, -0.25) is 14.2 Å². The van der Waals surface area contributed by atoms with E-state index in [-0.39, 0.29) is 17.3 Å². The summed E-state index contributed by atoms with van der Waals surface area (Å²) in [6, 6.07) is 18.6. The second-order valence-electron chi connectivity index (χ2n) is 6.78. The van der Waals surface area contributed by atoms with Crippen molar-refractivity contribution in [1.82, 2.24) is 14.5 Å². The molecule has 2 heterocycles. The van der Waals surface area contributed by atoms with Crippen molar-refractivity contribution in [3.63, 3.8) is 0 Å². The lowest BCUT2D eigenvalue weighted by Crippen LogP contribution is -2.27. The molecular formula is C23H20FN3O2. The zero-order valence-electron chi connectivity index (χ0n) is 15.7. The number of halogens is 1. The van der Waals surface area contributed by atoms with E-state index in [2.05, 4.69) is 28.1 Å². The summed E-state index contributed by atoms with van der Waals surface area (Å²) in [6.07, 6.45) is 4.30. The van der Waals surface area contributed by atoms with Crippen LogP contribution in [0.4, 0.5) is 4.39 Å². The number of para-hydroxylation sites is 1. The van der Waals surface area contributed by atoms with Crippen LogP contribution >= 0.6 is 0 Å². The third-order valence-electron chi connectivity index (χ3n) is 4.82. The minimum Gasteiger partial charge on any atom is -0.352 e. The molecule has 146 valence electrons. The van der Waals surface area contributed by atoms with Gasteiger partial charge in [-0.1, -0.05) is 18.2 Å². The summed E-state index contributed by atoms with van der Waals surface area (Å²) in [7, 11) is 0. The number of aromatic nitrogens is 2. The summed E-state index contributed by atoms with van der Waals surface area (Å²) >= 11 is 0. The fraction of sp³-hybridized carbons (Fsp3) is 0.130. The first-order chi connectivity index (χ1) is 14.1. The molecule has 29 heavy (non-hydrogen) atoms. The van der Waals surface area contributed by atoms with Crippen molar-refractivity contribution >= 4 is 16.8 Å². The third-order valence-corrected chi connectivity index (χ3v) is 4.82. The Balaban J connectivity index is 1.39. The van der Waals surface area contributed by atoms with Crippen molar-refractivity contribution < 1.29 is 9.18 Å². The predicted octanol–water partition coefficient (Wildman–Crippen LogP) is 3.75. The molecule has 5 nitrogen and oxygen atoms in total. The van der Waals surface area contributed by atoms with Crippen LogP contribution in [0.2, 0.25) is 0 Å². The van der Waals surface area contributed by atoms with Crippen LogP contribution in [0.1, 0.15) is 16.8 Å². The van der Waals surface area contributed by atoms with E-state index in [9.17, 15) is 14.0 Å². The van der Waals surface area contributed by atoms with E-state index >= 15 is 0 Å². The quantitative estimate of drug-likeness (QED) is 0.511. The number of carbonyl (C=O) groups excluding carboxylic acids is 1. The highest BCUT2D eigenvalue weighted by Crippen LogP contribution is 2.15. The molecule has 0 aliphatic rings. The van der Waals surface area contributed by atoms with Crippen LogP contribution in [0.3, 0.4) is 0 Å². The first kappa shape index (κ1) is 18.7. The monoisotopic (exact) mass is 389 g/mol. The lowest BCUT2D eigenvalue weighted by atomic mass is 10.2. The number of amides is 1. The van der Waals surface area contributed by atoms with Crippen LogP contribution < -0.4 is 10.9 Å². The van der Waals surface area contributed by atoms with E-state index in [0.29, 0.717) is 17.8 Å². The Kier molecular flexibility index (Phi) is 5.24. The number of hydrogen-bond donors (Lipinski definition) is 1. The Bertz CT molecular complexity index is 1210. The molecule has 2 aromatic carbocycles. The summed E-state index contributed by atoms with van der Waals surface area (Å²) in [5.74, 6) is -0.635. The number of rotatable bonds is 6. The van der Waals surface area contributed by atoms with Gasteiger partial charge >= 0.3 is 0 Å². The van der Waals surface area contributed by atoms with Crippen molar-refractivity contribution in [2.24, 2.45) is 0 Å². The molecule has 0 bridgehead atoms. The molecular weight excluding hydrogens is 369 g/mol. The molecule has 0 aliphatic carbocycles. The number of pyridine rings is 1. The molecule has 0 unspecified atom stereocenters. The Hall–Kier alpha value is -3.67. The van der Waals surface area contributed by atoms with Gasteiger partial charge in [0.05, 0.1) is 5.56 Å². The highest BCUT2D eigenvalue weighted by molar-refractivity contribution is 5.93. The number of fused-ring (bicyclic) bond motifs is 1. The molecule has 0 fully saturated rings. The van der Waals surface area contributed by atoms with E-state index in [1.54, 1.807) is 0 Å². The van der Waals surface area contributed by atoms with E-state index < -0.39 is 0 Å². The highest BCUT2D eigenvalue weighted by atomic mass is 19.1. The van der Waals surface area contributed by atoms with E-state index in [1.807, 2.05) is 18.3 Å². The van der Waals surface area contributed by atoms with Gasteiger partial charge in [0.15, 0.2) is 0 Å². The van der Waals surface area contributed by atoms with Crippen molar-refractivity contribution in [2.45, 2.75) is 13.0 Å². The normalized spacial score (nSPS) is 10.9. The number of nitrogens with zero attached hydrogens (tertiary/aromatic N) is 2. The highest BCUT2D eigenvalue weighted by Gasteiger charge is 2.09. The fourth-order valence-electron chi connectivity index (χ4n) is 3.31. The van der Waals surface area contributed by atoms with Crippen LogP contribution in [-0.2, 0) is 6.54 Å². The molecule has 4 rings (SSSR count). The van der Waals surface area contributed by atoms with Gasteiger partial charge in [-0.25, -0.2) is 4.39 Å². The lowest BCUT2D eigenvalue weighted by molar-refractivity contribution is 0.0952. The minimum atomic E-state index is -0.383. The smallest absolute Gasteiger partial charge is 0.255 e. The maximum atomic E-state index is 13.1. The van der Waals surface area contributed by atoms with Gasteiger partial charge in [-0.05, 0) is 54.3 Å². The van der Waals surface area contributed by atoms with Crippen LogP contribution in [0, 0.1) is 5.82 Å². The zero-order valence-corrected chi connectivity index (χ0v) is 15.7. The summed E-state index contributed by atoms with van der Waals surface area (Å²) in [4.78, 5) is 24.6. The van der Waals surface area contributed by atoms with Crippen LogP contribution in [0.5, 0.6) is 0 Å². The maximum absolute atomic E-state index is 13.1. The summed E-state index contributed by atoms with van der Waals surface area (Å²) in [5, 5.41) is 4.08. The SMILES string of the molecule is O=C(NCCCn1ccc2ccccc21)c1ccc(=O)n(-c2ccc(F)cc2)c1. The average molecular weight is 389 g/mol. The molecule has 0 spiro atoms. The van der Waals surface area contributed by atoms with Gasteiger partial charge in [-0.2, -0.15) is 0 Å². The zero-order chi connectivity index (χ0) is 20.2. The molecule has 0 saturated carbocycles. The molecule has 6 heteroatoms. The first-order valence-corrected chi connectivity index (χ1v) is 9.42. The first-order valence-electron chi connectivity index (χ1n) is 9.42. The van der Waals surface area contributed by atoms with E-state index in [4.69, 9.17) is 0 Å². The minimum absolute atomic E-state index is 0.252. The third kappa shape index (κ3) is 4.11. The predicted molar refractivity (Wildman–Crippen MR) is 111 cm³/mol. The number of nitrogens with one attached hydrogen (secondary N) is 1.